The minimum atomic E-state index is -4.96. The number of fused-ring (bicyclic) bond motifs is 1. The molecule has 2 aromatic carbocycles. The highest BCUT2D eigenvalue weighted by molar-refractivity contribution is 5.87. The van der Waals surface area contributed by atoms with Crippen molar-refractivity contribution >= 4 is 11.0 Å². The molecule has 0 aliphatic heterocycles. The highest BCUT2D eigenvalue weighted by Crippen LogP contribution is 2.41. The van der Waals surface area contributed by atoms with Gasteiger partial charge in [0, 0.05) is 6.54 Å². The van der Waals surface area contributed by atoms with Crippen LogP contribution in [0.2, 0.25) is 0 Å². The van der Waals surface area contributed by atoms with Gasteiger partial charge in [-0.3, -0.25) is 9.69 Å². The second-order valence-electron chi connectivity index (χ2n) is 8.63. The number of alkyl halides is 3. The maximum atomic E-state index is 14.2. The van der Waals surface area contributed by atoms with Crippen molar-refractivity contribution in [3.05, 3.63) is 51.9 Å². The van der Waals surface area contributed by atoms with Crippen molar-refractivity contribution in [2.75, 3.05) is 27.3 Å². The fourth-order valence-electron chi connectivity index (χ4n) is 4.17. The van der Waals surface area contributed by atoms with Crippen molar-refractivity contribution in [3.63, 3.8) is 0 Å². The molecule has 196 valence electrons. The first-order valence-corrected chi connectivity index (χ1v) is 12.0. The van der Waals surface area contributed by atoms with Crippen molar-refractivity contribution < 1.29 is 32.2 Å². The number of benzene rings is 2. The second kappa shape index (κ2) is 11.7. The van der Waals surface area contributed by atoms with Gasteiger partial charge in [0.2, 0.25) is 11.2 Å². The Morgan fingerprint density at radius 2 is 1.61 bits per heavy atom. The van der Waals surface area contributed by atoms with Crippen molar-refractivity contribution in [3.8, 4) is 28.4 Å². The van der Waals surface area contributed by atoms with Crippen LogP contribution in [-0.4, -0.2) is 37.3 Å². The van der Waals surface area contributed by atoms with E-state index in [1.165, 1.54) is 44.6 Å². The SMILES string of the molecule is CCCCN(CCCC)Cc1c(O)ccc2c(=O)c(-c3ccc(OC)c(OC)c3)c(C(F)(F)F)oc12. The van der Waals surface area contributed by atoms with Crippen LogP contribution < -0.4 is 14.9 Å². The third-order valence-electron chi connectivity index (χ3n) is 6.11. The van der Waals surface area contributed by atoms with Crippen LogP contribution in [0.1, 0.15) is 50.9 Å². The lowest BCUT2D eigenvalue weighted by atomic mass is 9.99. The van der Waals surface area contributed by atoms with Crippen molar-refractivity contribution in [2.24, 2.45) is 0 Å². The summed E-state index contributed by atoms with van der Waals surface area (Å²) in [5.41, 5.74) is -1.57. The third-order valence-corrected chi connectivity index (χ3v) is 6.11. The lowest BCUT2D eigenvalue weighted by Crippen LogP contribution is -2.26. The molecule has 0 atom stereocenters. The highest BCUT2D eigenvalue weighted by atomic mass is 19.4. The Bertz CT molecular complexity index is 1240. The maximum absolute atomic E-state index is 14.2. The Labute approximate surface area is 208 Å². The summed E-state index contributed by atoms with van der Waals surface area (Å²) in [5.74, 6) is -1.15. The molecule has 1 aromatic heterocycles. The minimum absolute atomic E-state index is 0.0160. The standard InChI is InChI=1S/C27H32F3NO5/c1-5-7-13-31(14-8-6-2)16-19-20(32)11-10-18-24(33)23(26(27(28,29)30)36-25(18)19)17-9-12-21(34-3)22(15-17)35-4/h9-12,15,32H,5-8,13-14,16H2,1-4H3. The van der Waals surface area contributed by atoms with Gasteiger partial charge >= 0.3 is 6.18 Å². The van der Waals surface area contributed by atoms with Crippen LogP contribution in [0.4, 0.5) is 13.2 Å². The molecular formula is C27H32F3NO5. The van der Waals surface area contributed by atoms with Gasteiger partial charge in [-0.2, -0.15) is 13.2 Å². The Hall–Kier alpha value is -3.20. The summed E-state index contributed by atoms with van der Waals surface area (Å²) in [5, 5.41) is 10.6. The van der Waals surface area contributed by atoms with Gasteiger partial charge < -0.3 is 19.0 Å². The molecule has 0 fully saturated rings. The van der Waals surface area contributed by atoms with E-state index < -0.39 is 22.9 Å². The van der Waals surface area contributed by atoms with Crippen LogP contribution in [0.3, 0.4) is 0 Å². The molecule has 0 spiro atoms. The first-order valence-electron chi connectivity index (χ1n) is 12.0. The minimum Gasteiger partial charge on any atom is -0.507 e. The molecule has 3 rings (SSSR count). The molecule has 1 N–H and O–H groups in total. The number of nitrogens with zero attached hydrogens (tertiary/aromatic N) is 1. The zero-order valence-electron chi connectivity index (χ0n) is 21.0. The second-order valence-corrected chi connectivity index (χ2v) is 8.63. The van der Waals surface area contributed by atoms with Gasteiger partial charge in [0.25, 0.3) is 0 Å². The maximum Gasteiger partial charge on any atom is 0.450 e. The number of phenolic OH excluding ortho intramolecular Hbond substituents is 1. The van der Waals surface area contributed by atoms with E-state index in [4.69, 9.17) is 13.9 Å². The van der Waals surface area contributed by atoms with E-state index in [9.17, 15) is 23.1 Å². The molecule has 0 saturated heterocycles. The number of hydrogen-bond donors (Lipinski definition) is 1. The number of ether oxygens (including phenoxy) is 2. The summed E-state index contributed by atoms with van der Waals surface area (Å²) in [6.45, 7) is 5.70. The average molecular weight is 508 g/mol. The highest BCUT2D eigenvalue weighted by Gasteiger charge is 2.40. The first-order chi connectivity index (χ1) is 17.2. The van der Waals surface area contributed by atoms with E-state index >= 15 is 0 Å². The zero-order valence-corrected chi connectivity index (χ0v) is 21.0. The molecule has 6 nitrogen and oxygen atoms in total. The third kappa shape index (κ3) is 5.78. The number of aromatic hydroxyl groups is 1. The monoisotopic (exact) mass is 507 g/mol. The molecule has 3 aromatic rings. The number of phenols is 1. The summed E-state index contributed by atoms with van der Waals surface area (Å²) in [7, 11) is 2.76. The molecule has 0 amide bonds. The van der Waals surface area contributed by atoms with E-state index in [0.29, 0.717) is 18.8 Å². The molecule has 9 heteroatoms. The summed E-state index contributed by atoms with van der Waals surface area (Å²) in [6, 6.07) is 6.72. The van der Waals surface area contributed by atoms with Crippen LogP contribution in [0.15, 0.2) is 39.5 Å². The molecule has 36 heavy (non-hydrogen) atoms. The number of methoxy groups -OCH3 is 2. The fourth-order valence-corrected chi connectivity index (χ4v) is 4.17. The number of hydrogen-bond acceptors (Lipinski definition) is 6. The molecule has 0 saturated carbocycles. The van der Waals surface area contributed by atoms with E-state index in [1.807, 2.05) is 0 Å². The lowest BCUT2D eigenvalue weighted by molar-refractivity contribution is -0.152. The van der Waals surface area contributed by atoms with Crippen molar-refractivity contribution in [1.29, 1.82) is 0 Å². The molecule has 0 aliphatic carbocycles. The predicted molar refractivity (Wildman–Crippen MR) is 133 cm³/mol. The van der Waals surface area contributed by atoms with E-state index in [0.717, 1.165) is 25.7 Å². The van der Waals surface area contributed by atoms with Gasteiger partial charge in [0.1, 0.15) is 11.3 Å². The van der Waals surface area contributed by atoms with E-state index in [-0.39, 0.29) is 40.1 Å². The summed E-state index contributed by atoms with van der Waals surface area (Å²) >= 11 is 0. The van der Waals surface area contributed by atoms with Gasteiger partial charge in [-0.1, -0.05) is 32.8 Å². The smallest absolute Gasteiger partial charge is 0.450 e. The average Bonchev–Trinajstić information content (AvgIpc) is 2.85. The van der Waals surface area contributed by atoms with Crippen molar-refractivity contribution in [1.82, 2.24) is 4.90 Å². The van der Waals surface area contributed by atoms with Crippen LogP contribution in [0, 0.1) is 0 Å². The Kier molecular flexibility index (Phi) is 8.89. The summed E-state index contributed by atoms with van der Waals surface area (Å²) in [6.07, 6.45) is -1.26. The van der Waals surface area contributed by atoms with Crippen LogP contribution in [-0.2, 0) is 12.7 Å². The molecular weight excluding hydrogens is 475 g/mol. The molecule has 1 heterocycles. The van der Waals surface area contributed by atoms with Gasteiger partial charge in [-0.25, -0.2) is 0 Å². The van der Waals surface area contributed by atoms with Crippen LogP contribution in [0.25, 0.3) is 22.1 Å². The zero-order chi connectivity index (χ0) is 26.5. The Morgan fingerprint density at radius 1 is 0.972 bits per heavy atom. The molecule has 0 aliphatic rings. The lowest BCUT2D eigenvalue weighted by Gasteiger charge is -2.23. The largest absolute Gasteiger partial charge is 0.507 e. The normalized spacial score (nSPS) is 11.9. The summed E-state index contributed by atoms with van der Waals surface area (Å²) < 4.78 is 58.6. The van der Waals surface area contributed by atoms with Gasteiger partial charge in [0.15, 0.2) is 11.5 Å². The van der Waals surface area contributed by atoms with Gasteiger partial charge in [0.05, 0.1) is 30.7 Å². The van der Waals surface area contributed by atoms with E-state index in [2.05, 4.69) is 18.7 Å². The van der Waals surface area contributed by atoms with Crippen LogP contribution in [0.5, 0.6) is 17.2 Å². The quantitative estimate of drug-likeness (QED) is 0.315. The molecule has 0 bridgehead atoms. The Morgan fingerprint density at radius 3 is 2.17 bits per heavy atom. The summed E-state index contributed by atoms with van der Waals surface area (Å²) in [4.78, 5) is 15.6. The van der Waals surface area contributed by atoms with Gasteiger partial charge in [-0.05, 0) is 55.8 Å². The topological polar surface area (TPSA) is 72.1 Å². The van der Waals surface area contributed by atoms with E-state index in [1.54, 1.807) is 0 Å². The number of unbranched alkanes of at least 4 members (excludes halogenated alkanes) is 2. The Balaban J connectivity index is 2.26. The number of halogens is 3. The molecule has 0 radical (unpaired) electrons. The van der Waals surface area contributed by atoms with Gasteiger partial charge in [-0.15, -0.1) is 0 Å². The number of rotatable bonds is 11. The van der Waals surface area contributed by atoms with Crippen molar-refractivity contribution in [2.45, 2.75) is 52.3 Å². The molecule has 0 unspecified atom stereocenters. The fraction of sp³-hybridized carbons (Fsp3) is 0.444. The predicted octanol–water partition coefficient (Wildman–Crippen LogP) is 6.60. The first kappa shape index (κ1) is 27.4. The van der Waals surface area contributed by atoms with Crippen LogP contribution >= 0.6 is 0 Å².